The number of hydrogen-bond acceptors (Lipinski definition) is 0. The summed E-state index contributed by atoms with van der Waals surface area (Å²) in [4.78, 5) is 0. The van der Waals surface area contributed by atoms with Gasteiger partial charge in [0.25, 0.3) is 0 Å². The Bertz CT molecular complexity index is 276. The molecule has 2 aliphatic carbocycles. The highest BCUT2D eigenvalue weighted by Crippen LogP contribution is 2.26. The van der Waals surface area contributed by atoms with Crippen molar-refractivity contribution in [3.8, 4) is 0 Å². The summed E-state index contributed by atoms with van der Waals surface area (Å²) in [6.07, 6.45) is 18.5. The predicted molar refractivity (Wildman–Crippen MR) is 83.6 cm³/mol. The Morgan fingerprint density at radius 3 is 1.72 bits per heavy atom. The Kier molecular flexibility index (Phi) is 6.92. The molecule has 0 nitrogen and oxygen atoms in total. The summed E-state index contributed by atoms with van der Waals surface area (Å²) in [6, 6.07) is 0. The molecule has 2 rings (SSSR count). The third kappa shape index (κ3) is 5.52. The Morgan fingerprint density at radius 1 is 0.833 bits per heavy atom. The molecule has 2 aliphatic rings. The topological polar surface area (TPSA) is 0 Å². The van der Waals surface area contributed by atoms with E-state index in [1.165, 1.54) is 74.8 Å². The van der Waals surface area contributed by atoms with Gasteiger partial charge in [0.15, 0.2) is 0 Å². The van der Waals surface area contributed by atoms with Gasteiger partial charge in [-0.05, 0) is 64.2 Å². The summed E-state index contributed by atoms with van der Waals surface area (Å²) in [5.74, 6) is 0. The fraction of sp³-hybridized carbons (Fsp3) is 0.750. The molecule has 0 saturated heterocycles. The van der Waals surface area contributed by atoms with Gasteiger partial charge in [0.05, 0.1) is 0 Å². The summed E-state index contributed by atoms with van der Waals surface area (Å²) in [5, 5.41) is 2.64. The SMILES string of the molecule is [Cl][Al]([CH2]CC1=CCCCC1)[CH2]CC1=CCCCC1. The van der Waals surface area contributed by atoms with Crippen molar-refractivity contribution >= 4 is 23.3 Å². The number of rotatable bonds is 6. The molecule has 0 atom stereocenters. The first-order valence-corrected chi connectivity index (χ1v) is 11.2. The Hall–Kier alpha value is 0.302. The van der Waals surface area contributed by atoms with Crippen LogP contribution in [-0.4, -0.2) is 13.2 Å². The molecule has 0 fully saturated rings. The van der Waals surface area contributed by atoms with Crippen LogP contribution in [0.1, 0.15) is 64.2 Å². The van der Waals surface area contributed by atoms with E-state index >= 15 is 0 Å². The molecule has 0 saturated carbocycles. The molecule has 0 aromatic carbocycles. The van der Waals surface area contributed by atoms with E-state index in [2.05, 4.69) is 12.2 Å². The Labute approximate surface area is 121 Å². The molecule has 0 bridgehead atoms. The van der Waals surface area contributed by atoms with Crippen LogP contribution >= 0.6 is 10.0 Å². The highest BCUT2D eigenvalue weighted by atomic mass is 35.6. The average molecular weight is 281 g/mol. The second-order valence-corrected chi connectivity index (χ2v) is 10.1. The molecular weight excluding hydrogens is 255 g/mol. The van der Waals surface area contributed by atoms with E-state index < -0.39 is 13.2 Å². The van der Waals surface area contributed by atoms with Crippen LogP contribution in [-0.2, 0) is 0 Å². The molecule has 0 radical (unpaired) electrons. The van der Waals surface area contributed by atoms with Gasteiger partial charge >= 0.3 is 13.2 Å². The van der Waals surface area contributed by atoms with E-state index in [4.69, 9.17) is 10.0 Å². The van der Waals surface area contributed by atoms with Crippen molar-refractivity contribution in [1.29, 1.82) is 0 Å². The van der Waals surface area contributed by atoms with Crippen molar-refractivity contribution in [2.75, 3.05) is 0 Å². The summed E-state index contributed by atoms with van der Waals surface area (Å²) >= 11 is -0.954. The van der Waals surface area contributed by atoms with Gasteiger partial charge < -0.3 is 0 Å². The molecule has 0 aromatic rings. The highest BCUT2D eigenvalue weighted by Gasteiger charge is 2.16. The molecule has 0 N–H and O–H groups in total. The van der Waals surface area contributed by atoms with Crippen molar-refractivity contribution in [2.24, 2.45) is 0 Å². The minimum Gasteiger partial charge on any atom is -0.261 e. The van der Waals surface area contributed by atoms with Gasteiger partial charge in [0, 0.05) is 0 Å². The normalized spacial score (nSPS) is 20.3. The molecule has 100 valence electrons. The number of allylic oxidation sites excluding steroid dienone is 4. The summed E-state index contributed by atoms with van der Waals surface area (Å²) in [5.41, 5.74) is 3.41. The van der Waals surface area contributed by atoms with Gasteiger partial charge in [-0.3, -0.25) is 10.0 Å². The average Bonchev–Trinajstić information content (AvgIpc) is 2.45. The van der Waals surface area contributed by atoms with Crippen molar-refractivity contribution in [3.05, 3.63) is 23.3 Å². The lowest BCUT2D eigenvalue weighted by Crippen LogP contribution is -2.05. The standard InChI is InChI=1S/2C8H13.Al.ClH/c2*1-2-8-6-4-3-5-7-8;;/h2*6H,1-5,7H2;;1H/q;;+1;/p-1. The maximum absolute atomic E-state index is 6.60. The molecular formula is C16H26AlCl. The zero-order valence-corrected chi connectivity index (χ0v) is 13.5. The second kappa shape index (κ2) is 8.47. The molecule has 18 heavy (non-hydrogen) atoms. The summed E-state index contributed by atoms with van der Waals surface area (Å²) in [6.45, 7) is 0. The van der Waals surface area contributed by atoms with Crippen molar-refractivity contribution in [3.63, 3.8) is 0 Å². The van der Waals surface area contributed by atoms with Crippen LogP contribution in [0.5, 0.6) is 0 Å². The van der Waals surface area contributed by atoms with Gasteiger partial charge in [-0.2, -0.15) is 0 Å². The van der Waals surface area contributed by atoms with Crippen LogP contribution in [0.4, 0.5) is 0 Å². The van der Waals surface area contributed by atoms with E-state index in [0.29, 0.717) is 0 Å². The predicted octanol–water partition coefficient (Wildman–Crippen LogP) is 6.00. The third-order valence-corrected chi connectivity index (χ3v) is 7.47. The quantitative estimate of drug-likeness (QED) is 0.414. The maximum atomic E-state index is 6.60. The number of halogens is 1. The molecule has 0 aromatic heterocycles. The van der Waals surface area contributed by atoms with E-state index in [0.717, 1.165) is 0 Å². The minimum atomic E-state index is -0.954. The summed E-state index contributed by atoms with van der Waals surface area (Å²) < 4.78 is 0. The fourth-order valence-corrected chi connectivity index (χ4v) is 5.40. The van der Waals surface area contributed by atoms with Gasteiger partial charge in [-0.25, -0.2) is 0 Å². The minimum absolute atomic E-state index is 0.954. The lowest BCUT2D eigenvalue weighted by molar-refractivity contribution is 0.680. The number of hydrogen-bond donors (Lipinski definition) is 0. The van der Waals surface area contributed by atoms with Crippen LogP contribution in [0.15, 0.2) is 23.3 Å². The van der Waals surface area contributed by atoms with Gasteiger partial charge in [-0.1, -0.05) is 33.9 Å². The Balaban J connectivity index is 1.61. The van der Waals surface area contributed by atoms with E-state index in [9.17, 15) is 0 Å². The lowest BCUT2D eigenvalue weighted by atomic mass is 9.98. The molecule has 2 heteroatoms. The zero-order valence-electron chi connectivity index (χ0n) is 11.6. The van der Waals surface area contributed by atoms with Crippen LogP contribution < -0.4 is 0 Å². The largest absolute Gasteiger partial charge is 0.400 e. The first-order chi connectivity index (χ1) is 8.84. The van der Waals surface area contributed by atoms with Crippen LogP contribution in [0.2, 0.25) is 10.6 Å². The molecule has 0 spiro atoms. The second-order valence-electron chi connectivity index (χ2n) is 5.89. The van der Waals surface area contributed by atoms with E-state index in [-0.39, 0.29) is 0 Å². The first kappa shape index (κ1) is 14.7. The smallest absolute Gasteiger partial charge is 0.261 e. The monoisotopic (exact) mass is 280 g/mol. The van der Waals surface area contributed by atoms with Crippen LogP contribution in [0.3, 0.4) is 0 Å². The first-order valence-electron chi connectivity index (χ1n) is 7.84. The van der Waals surface area contributed by atoms with Gasteiger partial charge in [0.1, 0.15) is 0 Å². The molecule has 0 unspecified atom stereocenters. The van der Waals surface area contributed by atoms with Gasteiger partial charge in [0.2, 0.25) is 0 Å². The molecule has 0 heterocycles. The lowest BCUT2D eigenvalue weighted by Gasteiger charge is -2.14. The maximum Gasteiger partial charge on any atom is 0.400 e. The van der Waals surface area contributed by atoms with Crippen LogP contribution in [0, 0.1) is 0 Å². The third-order valence-electron chi connectivity index (χ3n) is 4.33. The van der Waals surface area contributed by atoms with Crippen molar-refractivity contribution in [2.45, 2.75) is 74.8 Å². The van der Waals surface area contributed by atoms with Crippen molar-refractivity contribution in [1.82, 2.24) is 0 Å². The van der Waals surface area contributed by atoms with E-state index in [1.807, 2.05) is 0 Å². The van der Waals surface area contributed by atoms with Crippen LogP contribution in [0.25, 0.3) is 0 Å². The molecule has 0 amide bonds. The Morgan fingerprint density at radius 2 is 1.33 bits per heavy atom. The fourth-order valence-electron chi connectivity index (χ4n) is 3.09. The van der Waals surface area contributed by atoms with Crippen molar-refractivity contribution < 1.29 is 0 Å². The zero-order chi connectivity index (χ0) is 12.6. The highest BCUT2D eigenvalue weighted by molar-refractivity contribution is 7.06. The molecule has 0 aliphatic heterocycles. The van der Waals surface area contributed by atoms with E-state index in [1.54, 1.807) is 11.1 Å². The van der Waals surface area contributed by atoms with Gasteiger partial charge in [-0.15, -0.1) is 0 Å². The summed E-state index contributed by atoms with van der Waals surface area (Å²) in [7, 11) is 6.60.